The van der Waals surface area contributed by atoms with E-state index in [-0.39, 0.29) is 18.0 Å². The number of halogens is 1. The summed E-state index contributed by atoms with van der Waals surface area (Å²) in [6.07, 6.45) is 0. The first kappa shape index (κ1) is 17.9. The molecule has 0 fully saturated rings. The van der Waals surface area contributed by atoms with Crippen LogP contribution in [-0.2, 0) is 17.9 Å². The Hall–Kier alpha value is -2.93. The summed E-state index contributed by atoms with van der Waals surface area (Å²) in [7, 11) is 0. The van der Waals surface area contributed by atoms with Gasteiger partial charge in [-0.1, -0.05) is 23.7 Å². The van der Waals surface area contributed by atoms with Gasteiger partial charge in [-0.15, -0.1) is 5.10 Å². The maximum atomic E-state index is 12.2. The van der Waals surface area contributed by atoms with Gasteiger partial charge >= 0.3 is 0 Å². The van der Waals surface area contributed by atoms with Crippen LogP contribution in [0.5, 0.6) is 0 Å². The number of nitrogens with zero attached hydrogens (tertiary/aromatic N) is 4. The number of hydrogen-bond acceptors (Lipinski definition) is 4. The van der Waals surface area contributed by atoms with Gasteiger partial charge in [0.15, 0.2) is 5.82 Å². The molecule has 1 N–H and O–H groups in total. The Bertz CT molecular complexity index is 992. The molecule has 3 aromatic rings. The smallest absolute Gasteiger partial charge is 0.267 e. The number of nitrogens with one attached hydrogen (secondary N) is 1. The fourth-order valence-corrected chi connectivity index (χ4v) is 2.65. The van der Waals surface area contributed by atoms with Crippen molar-refractivity contribution in [1.82, 2.24) is 24.9 Å². The van der Waals surface area contributed by atoms with Gasteiger partial charge in [0.1, 0.15) is 6.54 Å². The number of amides is 1. The second-order valence-corrected chi connectivity index (χ2v) is 6.37. The lowest BCUT2D eigenvalue weighted by atomic mass is 10.2. The van der Waals surface area contributed by atoms with Crippen LogP contribution in [0.2, 0.25) is 5.02 Å². The zero-order chi connectivity index (χ0) is 18.7. The molecule has 7 nitrogen and oxygen atoms in total. The molecule has 0 aliphatic carbocycles. The third-order valence-electron chi connectivity index (χ3n) is 3.78. The van der Waals surface area contributed by atoms with E-state index in [1.807, 2.05) is 32.0 Å². The minimum atomic E-state index is -0.350. The molecule has 0 saturated heterocycles. The Morgan fingerprint density at radius 2 is 1.85 bits per heavy atom. The van der Waals surface area contributed by atoms with E-state index in [1.54, 1.807) is 22.9 Å². The third-order valence-corrected chi connectivity index (χ3v) is 4.03. The van der Waals surface area contributed by atoms with Crippen molar-refractivity contribution in [1.29, 1.82) is 0 Å². The van der Waals surface area contributed by atoms with Crippen LogP contribution in [0.15, 0.2) is 47.3 Å². The van der Waals surface area contributed by atoms with Gasteiger partial charge < -0.3 is 5.32 Å². The fourth-order valence-electron chi connectivity index (χ4n) is 2.52. The number of carbonyl (C=O) groups is 1. The quantitative estimate of drug-likeness (QED) is 0.743. The Balaban J connectivity index is 1.71. The average Bonchev–Trinajstić information content (AvgIpc) is 2.95. The standard InChI is InChI=1S/C18H18ClN5O2/c1-12-9-13(2)24(21-12)16-7-8-18(26)23(22-16)11-17(25)20-10-14-3-5-15(19)6-4-14/h3-9H,10-11H2,1-2H3,(H,20,25). The van der Waals surface area contributed by atoms with Crippen molar-refractivity contribution in [2.24, 2.45) is 0 Å². The number of benzene rings is 1. The molecule has 3 rings (SSSR count). The molecule has 134 valence electrons. The van der Waals surface area contributed by atoms with E-state index in [1.165, 1.54) is 6.07 Å². The highest BCUT2D eigenvalue weighted by Crippen LogP contribution is 2.09. The molecule has 8 heteroatoms. The summed E-state index contributed by atoms with van der Waals surface area (Å²) >= 11 is 5.84. The second kappa shape index (κ2) is 7.53. The molecule has 2 heterocycles. The summed E-state index contributed by atoms with van der Waals surface area (Å²) in [5, 5.41) is 12.0. The van der Waals surface area contributed by atoms with Gasteiger partial charge in [-0.25, -0.2) is 9.36 Å². The van der Waals surface area contributed by atoms with Gasteiger partial charge in [0.25, 0.3) is 5.56 Å². The average molecular weight is 372 g/mol. The van der Waals surface area contributed by atoms with E-state index in [2.05, 4.69) is 15.5 Å². The van der Waals surface area contributed by atoms with Gasteiger partial charge in [-0.2, -0.15) is 5.10 Å². The summed E-state index contributed by atoms with van der Waals surface area (Å²) in [5.74, 6) is 0.181. The molecular weight excluding hydrogens is 354 g/mol. The number of aromatic nitrogens is 4. The Morgan fingerprint density at radius 1 is 1.12 bits per heavy atom. The molecule has 0 unspecified atom stereocenters. The summed E-state index contributed by atoms with van der Waals surface area (Å²) in [4.78, 5) is 24.2. The van der Waals surface area contributed by atoms with Crippen molar-refractivity contribution in [3.05, 3.63) is 74.8 Å². The number of aryl methyl sites for hydroxylation is 2. The normalized spacial score (nSPS) is 10.7. The number of hydrogen-bond donors (Lipinski definition) is 1. The Morgan fingerprint density at radius 3 is 2.50 bits per heavy atom. The van der Waals surface area contributed by atoms with Crippen LogP contribution in [0.3, 0.4) is 0 Å². The number of carbonyl (C=O) groups excluding carboxylic acids is 1. The Labute approximate surface area is 155 Å². The van der Waals surface area contributed by atoms with Gasteiger partial charge in [0.2, 0.25) is 5.91 Å². The molecular formula is C18H18ClN5O2. The van der Waals surface area contributed by atoms with Crippen molar-refractivity contribution < 1.29 is 4.79 Å². The van der Waals surface area contributed by atoms with Gasteiger partial charge in [-0.3, -0.25) is 9.59 Å². The monoisotopic (exact) mass is 371 g/mol. The fraction of sp³-hybridized carbons (Fsp3) is 0.222. The topological polar surface area (TPSA) is 81.8 Å². The lowest BCUT2D eigenvalue weighted by Gasteiger charge is -2.09. The summed E-state index contributed by atoms with van der Waals surface area (Å²) < 4.78 is 2.76. The van der Waals surface area contributed by atoms with Crippen molar-refractivity contribution in [2.45, 2.75) is 26.9 Å². The molecule has 2 aromatic heterocycles. The highest BCUT2D eigenvalue weighted by molar-refractivity contribution is 6.30. The minimum absolute atomic E-state index is 0.167. The van der Waals surface area contributed by atoms with E-state index in [0.717, 1.165) is 21.6 Å². The van der Waals surface area contributed by atoms with E-state index in [9.17, 15) is 9.59 Å². The summed E-state index contributed by atoms with van der Waals surface area (Å²) in [6, 6.07) is 12.1. The zero-order valence-electron chi connectivity index (χ0n) is 14.4. The number of rotatable bonds is 5. The van der Waals surface area contributed by atoms with E-state index >= 15 is 0 Å². The van der Waals surface area contributed by atoms with E-state index < -0.39 is 0 Å². The molecule has 0 spiro atoms. The molecule has 0 aliphatic rings. The predicted octanol–water partition coefficient (Wildman–Crippen LogP) is 2.02. The van der Waals surface area contributed by atoms with Crippen LogP contribution in [-0.4, -0.2) is 25.5 Å². The maximum Gasteiger partial charge on any atom is 0.267 e. The second-order valence-electron chi connectivity index (χ2n) is 5.93. The van der Waals surface area contributed by atoms with Crippen molar-refractivity contribution in [3.8, 4) is 5.82 Å². The van der Waals surface area contributed by atoms with Crippen LogP contribution in [0, 0.1) is 13.8 Å². The molecule has 0 aliphatic heterocycles. The first-order valence-electron chi connectivity index (χ1n) is 8.05. The SMILES string of the molecule is Cc1cc(C)n(-c2ccc(=O)n(CC(=O)NCc3ccc(Cl)cc3)n2)n1. The lowest BCUT2D eigenvalue weighted by Crippen LogP contribution is -2.33. The van der Waals surface area contributed by atoms with E-state index in [0.29, 0.717) is 17.4 Å². The minimum Gasteiger partial charge on any atom is -0.350 e. The molecule has 0 saturated carbocycles. The Kier molecular flexibility index (Phi) is 5.18. The molecule has 26 heavy (non-hydrogen) atoms. The predicted molar refractivity (Wildman–Crippen MR) is 98.4 cm³/mol. The third kappa shape index (κ3) is 4.18. The van der Waals surface area contributed by atoms with Crippen LogP contribution in [0.25, 0.3) is 5.82 Å². The summed E-state index contributed by atoms with van der Waals surface area (Å²) in [5.41, 5.74) is 2.31. The first-order chi connectivity index (χ1) is 12.4. The van der Waals surface area contributed by atoms with E-state index in [4.69, 9.17) is 11.6 Å². The molecule has 1 aromatic carbocycles. The van der Waals surface area contributed by atoms with Gasteiger partial charge in [0, 0.05) is 23.3 Å². The van der Waals surface area contributed by atoms with Crippen molar-refractivity contribution >= 4 is 17.5 Å². The van der Waals surface area contributed by atoms with Crippen LogP contribution >= 0.6 is 11.6 Å². The highest BCUT2D eigenvalue weighted by atomic mass is 35.5. The maximum absolute atomic E-state index is 12.2. The van der Waals surface area contributed by atoms with Gasteiger partial charge in [0.05, 0.1) is 5.69 Å². The molecule has 0 bridgehead atoms. The van der Waals surface area contributed by atoms with Gasteiger partial charge in [-0.05, 0) is 43.7 Å². The molecule has 1 amide bonds. The van der Waals surface area contributed by atoms with Crippen molar-refractivity contribution in [3.63, 3.8) is 0 Å². The zero-order valence-corrected chi connectivity index (χ0v) is 15.2. The first-order valence-corrected chi connectivity index (χ1v) is 8.43. The van der Waals surface area contributed by atoms with Crippen LogP contribution < -0.4 is 10.9 Å². The highest BCUT2D eigenvalue weighted by Gasteiger charge is 2.10. The van der Waals surface area contributed by atoms with Crippen molar-refractivity contribution in [2.75, 3.05) is 0 Å². The van der Waals surface area contributed by atoms with Crippen LogP contribution in [0.1, 0.15) is 17.0 Å². The van der Waals surface area contributed by atoms with Crippen LogP contribution in [0.4, 0.5) is 0 Å². The largest absolute Gasteiger partial charge is 0.350 e. The lowest BCUT2D eigenvalue weighted by molar-refractivity contribution is -0.122. The molecule has 0 radical (unpaired) electrons. The molecule has 0 atom stereocenters. The summed E-state index contributed by atoms with van der Waals surface area (Å²) in [6.45, 7) is 3.96.